The Kier molecular flexibility index (Phi) is 6.82. The third kappa shape index (κ3) is 5.63. The second-order valence-corrected chi connectivity index (χ2v) is 7.89. The molecule has 3 aromatic carbocycles. The SMILES string of the molecule is COc1cc(C=NNc2nc(-c3ccccc3)cs2)ccc1OCc1ccc(Cl)cc1. The number of aromatic nitrogens is 1. The summed E-state index contributed by atoms with van der Waals surface area (Å²) in [7, 11) is 1.62. The van der Waals surface area contributed by atoms with Gasteiger partial charge in [0.1, 0.15) is 6.61 Å². The predicted octanol–water partition coefficient (Wildman–Crippen LogP) is 6.50. The third-order valence-electron chi connectivity index (χ3n) is 4.44. The average molecular weight is 450 g/mol. The van der Waals surface area contributed by atoms with Gasteiger partial charge in [0.05, 0.1) is 19.0 Å². The molecule has 0 amide bonds. The molecule has 4 rings (SSSR count). The van der Waals surface area contributed by atoms with Gasteiger partial charge >= 0.3 is 0 Å². The highest BCUT2D eigenvalue weighted by atomic mass is 35.5. The van der Waals surface area contributed by atoms with E-state index in [4.69, 9.17) is 21.1 Å². The van der Waals surface area contributed by atoms with Crippen LogP contribution in [0.1, 0.15) is 11.1 Å². The molecule has 0 unspecified atom stereocenters. The smallest absolute Gasteiger partial charge is 0.203 e. The molecule has 156 valence electrons. The Bertz CT molecular complexity index is 1160. The highest BCUT2D eigenvalue weighted by molar-refractivity contribution is 7.14. The van der Waals surface area contributed by atoms with Crippen molar-refractivity contribution in [2.75, 3.05) is 12.5 Å². The van der Waals surface area contributed by atoms with E-state index in [0.29, 0.717) is 23.1 Å². The van der Waals surface area contributed by atoms with Crippen LogP contribution in [-0.2, 0) is 6.61 Å². The van der Waals surface area contributed by atoms with Crippen molar-refractivity contribution in [3.05, 3.63) is 94.3 Å². The lowest BCUT2D eigenvalue weighted by molar-refractivity contribution is 0.284. The van der Waals surface area contributed by atoms with Gasteiger partial charge in [-0.1, -0.05) is 54.1 Å². The Morgan fingerprint density at radius 2 is 1.84 bits per heavy atom. The lowest BCUT2D eigenvalue weighted by atomic mass is 10.2. The molecule has 31 heavy (non-hydrogen) atoms. The number of anilines is 1. The molecule has 0 saturated carbocycles. The number of rotatable bonds is 8. The van der Waals surface area contributed by atoms with E-state index >= 15 is 0 Å². The highest BCUT2D eigenvalue weighted by Gasteiger charge is 2.06. The molecule has 4 aromatic rings. The molecule has 5 nitrogen and oxygen atoms in total. The average Bonchev–Trinajstić information content (AvgIpc) is 3.28. The van der Waals surface area contributed by atoms with Crippen molar-refractivity contribution in [2.24, 2.45) is 5.10 Å². The van der Waals surface area contributed by atoms with E-state index in [1.165, 1.54) is 11.3 Å². The molecule has 0 fully saturated rings. The molecule has 7 heteroatoms. The Hall–Kier alpha value is -3.35. The summed E-state index contributed by atoms with van der Waals surface area (Å²) < 4.78 is 11.4. The summed E-state index contributed by atoms with van der Waals surface area (Å²) in [5.74, 6) is 1.30. The van der Waals surface area contributed by atoms with Gasteiger partial charge in [0.25, 0.3) is 0 Å². The zero-order chi connectivity index (χ0) is 21.5. The van der Waals surface area contributed by atoms with E-state index in [1.807, 2.05) is 78.2 Å². The number of hydrazone groups is 1. The van der Waals surface area contributed by atoms with Crippen molar-refractivity contribution in [1.29, 1.82) is 0 Å². The first-order valence-corrected chi connectivity index (χ1v) is 10.8. The molecule has 0 radical (unpaired) electrons. The zero-order valence-corrected chi connectivity index (χ0v) is 18.4. The number of hydrogen-bond acceptors (Lipinski definition) is 6. The number of nitrogens with zero attached hydrogens (tertiary/aromatic N) is 2. The maximum absolute atomic E-state index is 5.92. The lowest BCUT2D eigenvalue weighted by Gasteiger charge is -2.11. The minimum absolute atomic E-state index is 0.427. The summed E-state index contributed by atoms with van der Waals surface area (Å²) in [6.07, 6.45) is 1.72. The van der Waals surface area contributed by atoms with Crippen molar-refractivity contribution in [2.45, 2.75) is 6.61 Å². The van der Waals surface area contributed by atoms with Gasteiger partial charge in [0.15, 0.2) is 11.5 Å². The van der Waals surface area contributed by atoms with Crippen LogP contribution in [0.2, 0.25) is 5.02 Å². The molecule has 0 saturated heterocycles. The topological polar surface area (TPSA) is 55.7 Å². The van der Waals surface area contributed by atoms with E-state index in [1.54, 1.807) is 13.3 Å². The van der Waals surface area contributed by atoms with Crippen molar-refractivity contribution in [1.82, 2.24) is 4.98 Å². The predicted molar refractivity (Wildman–Crippen MR) is 128 cm³/mol. The van der Waals surface area contributed by atoms with Crippen LogP contribution in [0, 0.1) is 0 Å². The van der Waals surface area contributed by atoms with Gasteiger partial charge in [0, 0.05) is 16.0 Å². The number of halogens is 1. The number of benzene rings is 3. The molecule has 0 aliphatic carbocycles. The van der Waals surface area contributed by atoms with Crippen LogP contribution in [0.5, 0.6) is 11.5 Å². The number of ether oxygens (including phenoxy) is 2. The van der Waals surface area contributed by atoms with E-state index in [-0.39, 0.29) is 0 Å². The Morgan fingerprint density at radius 3 is 2.61 bits per heavy atom. The fraction of sp³-hybridized carbons (Fsp3) is 0.0833. The molecule has 0 spiro atoms. The summed E-state index contributed by atoms with van der Waals surface area (Å²) in [6.45, 7) is 0.427. The number of thiazole rings is 1. The van der Waals surface area contributed by atoms with Gasteiger partial charge in [0.2, 0.25) is 5.13 Å². The summed E-state index contributed by atoms with van der Waals surface area (Å²) in [5, 5.41) is 7.72. The first kappa shape index (κ1) is 20.9. The Labute approximate surface area is 190 Å². The Balaban J connectivity index is 1.38. The van der Waals surface area contributed by atoms with Crippen LogP contribution >= 0.6 is 22.9 Å². The number of hydrogen-bond donors (Lipinski definition) is 1. The van der Waals surface area contributed by atoms with Crippen molar-refractivity contribution in [3.8, 4) is 22.8 Å². The molecular formula is C24H20ClN3O2S. The lowest BCUT2D eigenvalue weighted by Crippen LogP contribution is -1.98. The number of nitrogens with one attached hydrogen (secondary N) is 1. The molecule has 0 aliphatic rings. The van der Waals surface area contributed by atoms with E-state index in [0.717, 1.165) is 27.5 Å². The quantitative estimate of drug-likeness (QED) is 0.246. The molecule has 1 N–H and O–H groups in total. The monoisotopic (exact) mass is 449 g/mol. The normalized spacial score (nSPS) is 10.9. The number of methoxy groups -OCH3 is 1. The summed E-state index contributed by atoms with van der Waals surface area (Å²) in [4.78, 5) is 4.56. The first-order valence-electron chi connectivity index (χ1n) is 9.56. The van der Waals surface area contributed by atoms with E-state index in [2.05, 4.69) is 15.5 Å². The van der Waals surface area contributed by atoms with E-state index in [9.17, 15) is 0 Å². The fourth-order valence-electron chi connectivity index (χ4n) is 2.85. The molecular weight excluding hydrogens is 430 g/mol. The van der Waals surface area contributed by atoms with Crippen molar-refractivity contribution in [3.63, 3.8) is 0 Å². The minimum atomic E-state index is 0.427. The van der Waals surface area contributed by atoms with Gasteiger partial charge in [-0.25, -0.2) is 4.98 Å². The standard InChI is InChI=1S/C24H20ClN3O2S/c1-29-23-13-18(9-12-22(23)30-15-17-7-10-20(25)11-8-17)14-26-28-24-27-21(16-31-24)19-5-3-2-4-6-19/h2-14,16H,15H2,1H3,(H,27,28). The highest BCUT2D eigenvalue weighted by Crippen LogP contribution is 2.29. The zero-order valence-electron chi connectivity index (χ0n) is 16.8. The molecule has 0 aliphatic heterocycles. The largest absolute Gasteiger partial charge is 0.493 e. The van der Waals surface area contributed by atoms with Crippen LogP contribution in [0.15, 0.2) is 83.3 Å². The maximum Gasteiger partial charge on any atom is 0.203 e. The fourth-order valence-corrected chi connectivity index (χ4v) is 3.65. The van der Waals surface area contributed by atoms with Crippen LogP contribution < -0.4 is 14.9 Å². The van der Waals surface area contributed by atoms with Gasteiger partial charge in [-0.05, 0) is 41.5 Å². The first-order chi connectivity index (χ1) is 15.2. The second kappa shape index (κ2) is 10.1. The van der Waals surface area contributed by atoms with Crippen molar-refractivity contribution < 1.29 is 9.47 Å². The van der Waals surface area contributed by atoms with Crippen LogP contribution in [0.4, 0.5) is 5.13 Å². The van der Waals surface area contributed by atoms with Crippen LogP contribution in [-0.4, -0.2) is 18.3 Å². The molecule has 1 heterocycles. The summed E-state index contributed by atoms with van der Waals surface area (Å²) in [5.41, 5.74) is 6.89. The maximum atomic E-state index is 5.92. The van der Waals surface area contributed by atoms with Gasteiger partial charge in [-0.2, -0.15) is 5.10 Å². The summed E-state index contributed by atoms with van der Waals surface area (Å²) >= 11 is 7.43. The minimum Gasteiger partial charge on any atom is -0.493 e. The molecule has 0 bridgehead atoms. The third-order valence-corrected chi connectivity index (χ3v) is 5.44. The second-order valence-electron chi connectivity index (χ2n) is 6.60. The molecule has 0 atom stereocenters. The van der Waals surface area contributed by atoms with Crippen molar-refractivity contribution >= 4 is 34.3 Å². The van der Waals surface area contributed by atoms with Gasteiger partial charge < -0.3 is 9.47 Å². The van der Waals surface area contributed by atoms with Gasteiger partial charge in [-0.3, -0.25) is 5.43 Å². The Morgan fingerprint density at radius 1 is 1.03 bits per heavy atom. The van der Waals surface area contributed by atoms with Crippen LogP contribution in [0.3, 0.4) is 0 Å². The molecule has 1 aromatic heterocycles. The van der Waals surface area contributed by atoms with Gasteiger partial charge in [-0.15, -0.1) is 11.3 Å². The summed E-state index contributed by atoms with van der Waals surface area (Å²) in [6, 6.07) is 23.3. The van der Waals surface area contributed by atoms with E-state index < -0.39 is 0 Å². The van der Waals surface area contributed by atoms with Crippen LogP contribution in [0.25, 0.3) is 11.3 Å².